The molecule has 2 aliphatic heterocycles. The van der Waals surface area contributed by atoms with E-state index in [1.165, 1.54) is 25.8 Å². The van der Waals surface area contributed by atoms with Crippen LogP contribution in [0.1, 0.15) is 46.5 Å². The van der Waals surface area contributed by atoms with Gasteiger partial charge in [0.1, 0.15) is 0 Å². The molecule has 2 heterocycles. The molecule has 2 aliphatic rings. The molecule has 22 heavy (non-hydrogen) atoms. The largest absolute Gasteiger partial charge is 0.391 e. The van der Waals surface area contributed by atoms with Gasteiger partial charge < -0.3 is 15.3 Å². The molecule has 0 aromatic heterocycles. The van der Waals surface area contributed by atoms with Gasteiger partial charge in [0, 0.05) is 31.7 Å². The fourth-order valence-electron chi connectivity index (χ4n) is 3.46. The average Bonchev–Trinajstić information content (AvgIpc) is 2.90. The third kappa shape index (κ3) is 5.53. The lowest BCUT2D eigenvalue weighted by molar-refractivity contribution is 0.118. The number of aliphatic hydroxyl groups is 1. The number of hydrogen-bond acceptors (Lipinski definition) is 3. The van der Waals surface area contributed by atoms with Crippen molar-refractivity contribution in [1.29, 1.82) is 0 Å². The number of aliphatic hydroxyl groups excluding tert-OH is 1. The molecule has 3 atom stereocenters. The first-order valence-electron chi connectivity index (χ1n) is 8.59. The highest BCUT2D eigenvalue weighted by Crippen LogP contribution is 2.19. The SMILES string of the molecule is CCNC(=NCC(C)N1CCCCC1C)N1CC[C@@H](O)C1.I. The minimum Gasteiger partial charge on any atom is -0.391 e. The first-order chi connectivity index (χ1) is 10.1. The summed E-state index contributed by atoms with van der Waals surface area (Å²) in [5.74, 6) is 0.963. The normalized spacial score (nSPS) is 28.4. The molecule has 6 heteroatoms. The molecule has 0 amide bonds. The minimum absolute atomic E-state index is 0. The summed E-state index contributed by atoms with van der Waals surface area (Å²) in [4.78, 5) is 9.59. The molecule has 0 aromatic carbocycles. The molecule has 5 nitrogen and oxygen atoms in total. The van der Waals surface area contributed by atoms with Gasteiger partial charge in [0.15, 0.2) is 5.96 Å². The van der Waals surface area contributed by atoms with Crippen molar-refractivity contribution in [2.45, 2.75) is 64.6 Å². The molecule has 2 rings (SSSR count). The van der Waals surface area contributed by atoms with Crippen molar-refractivity contribution in [2.75, 3.05) is 32.7 Å². The van der Waals surface area contributed by atoms with Crippen molar-refractivity contribution in [3.05, 3.63) is 0 Å². The van der Waals surface area contributed by atoms with E-state index in [1.54, 1.807) is 0 Å². The third-order valence-electron chi connectivity index (χ3n) is 4.72. The number of rotatable bonds is 4. The van der Waals surface area contributed by atoms with Crippen LogP contribution in [0.4, 0.5) is 0 Å². The minimum atomic E-state index is -0.201. The van der Waals surface area contributed by atoms with E-state index in [0.29, 0.717) is 18.6 Å². The van der Waals surface area contributed by atoms with Crippen molar-refractivity contribution >= 4 is 29.9 Å². The first kappa shape index (κ1) is 20.0. The zero-order chi connectivity index (χ0) is 15.2. The van der Waals surface area contributed by atoms with Crippen LogP contribution in [0.15, 0.2) is 4.99 Å². The fraction of sp³-hybridized carbons (Fsp3) is 0.938. The Morgan fingerprint density at radius 3 is 2.68 bits per heavy atom. The van der Waals surface area contributed by atoms with Crippen LogP contribution in [0.5, 0.6) is 0 Å². The Kier molecular flexibility index (Phi) is 9.01. The summed E-state index contributed by atoms with van der Waals surface area (Å²) >= 11 is 0. The Hall–Kier alpha value is -0.0800. The smallest absolute Gasteiger partial charge is 0.194 e. The van der Waals surface area contributed by atoms with Crippen molar-refractivity contribution in [2.24, 2.45) is 4.99 Å². The van der Waals surface area contributed by atoms with Gasteiger partial charge in [0.25, 0.3) is 0 Å². The molecule has 2 unspecified atom stereocenters. The predicted octanol–water partition coefficient (Wildman–Crippen LogP) is 1.90. The maximum Gasteiger partial charge on any atom is 0.194 e. The molecule has 0 bridgehead atoms. The summed E-state index contributed by atoms with van der Waals surface area (Å²) in [6.07, 6.45) is 4.64. The molecule has 130 valence electrons. The maximum atomic E-state index is 9.70. The maximum absolute atomic E-state index is 9.70. The van der Waals surface area contributed by atoms with Crippen LogP contribution in [0.3, 0.4) is 0 Å². The highest BCUT2D eigenvalue weighted by atomic mass is 127. The average molecular weight is 424 g/mol. The monoisotopic (exact) mass is 424 g/mol. The Balaban J connectivity index is 0.00000242. The highest BCUT2D eigenvalue weighted by molar-refractivity contribution is 14.0. The molecule has 0 spiro atoms. The van der Waals surface area contributed by atoms with Gasteiger partial charge in [-0.3, -0.25) is 9.89 Å². The van der Waals surface area contributed by atoms with Gasteiger partial charge in [0.2, 0.25) is 0 Å². The van der Waals surface area contributed by atoms with Crippen LogP contribution < -0.4 is 5.32 Å². The number of β-amino-alcohol motifs (C(OH)–C–C–N with tert-alkyl or cyclic N) is 1. The molecule has 2 N–H and O–H groups in total. The molecular weight excluding hydrogens is 391 g/mol. The van der Waals surface area contributed by atoms with E-state index in [9.17, 15) is 5.11 Å². The quantitative estimate of drug-likeness (QED) is 0.411. The summed E-state index contributed by atoms with van der Waals surface area (Å²) in [7, 11) is 0. The van der Waals surface area contributed by atoms with Gasteiger partial charge in [-0.05, 0) is 46.6 Å². The van der Waals surface area contributed by atoms with Gasteiger partial charge in [-0.2, -0.15) is 0 Å². The molecule has 2 fully saturated rings. The fourth-order valence-corrected chi connectivity index (χ4v) is 3.46. The Morgan fingerprint density at radius 2 is 2.09 bits per heavy atom. The number of hydrogen-bond donors (Lipinski definition) is 2. The molecule has 0 radical (unpaired) electrons. The molecule has 0 aromatic rings. The zero-order valence-electron chi connectivity index (χ0n) is 14.3. The summed E-state index contributed by atoms with van der Waals surface area (Å²) in [5.41, 5.74) is 0. The number of guanidine groups is 1. The second kappa shape index (κ2) is 9.93. The van der Waals surface area contributed by atoms with E-state index in [4.69, 9.17) is 4.99 Å². The van der Waals surface area contributed by atoms with Crippen molar-refractivity contribution in [3.63, 3.8) is 0 Å². The standard InChI is InChI=1S/C16H32N4O.HI/c1-4-17-16(19-10-8-15(21)12-19)18-11-14(3)20-9-6-5-7-13(20)2;/h13-15,21H,4-12H2,1-3H3,(H,17,18);1H/t13?,14?,15-;/m1./s1. The number of likely N-dealkylation sites (tertiary alicyclic amines) is 2. The van der Waals surface area contributed by atoms with Crippen LogP contribution in [0, 0.1) is 0 Å². The van der Waals surface area contributed by atoms with E-state index in [1.807, 2.05) is 0 Å². The topological polar surface area (TPSA) is 51.1 Å². The number of nitrogens with one attached hydrogen (secondary N) is 1. The Labute approximate surface area is 152 Å². The third-order valence-corrected chi connectivity index (χ3v) is 4.72. The number of piperidine rings is 1. The summed E-state index contributed by atoms with van der Waals surface area (Å²) in [6.45, 7) is 11.2. The van der Waals surface area contributed by atoms with Gasteiger partial charge in [-0.15, -0.1) is 24.0 Å². The molecule has 0 saturated carbocycles. The first-order valence-corrected chi connectivity index (χ1v) is 8.59. The van der Waals surface area contributed by atoms with Gasteiger partial charge in [-0.1, -0.05) is 6.42 Å². The van der Waals surface area contributed by atoms with Crippen molar-refractivity contribution < 1.29 is 5.11 Å². The van der Waals surface area contributed by atoms with Gasteiger partial charge in [0.05, 0.1) is 12.6 Å². The van der Waals surface area contributed by atoms with E-state index >= 15 is 0 Å². The zero-order valence-corrected chi connectivity index (χ0v) is 16.6. The van der Waals surface area contributed by atoms with Crippen LogP contribution in [0.25, 0.3) is 0 Å². The predicted molar refractivity (Wildman–Crippen MR) is 103 cm³/mol. The van der Waals surface area contributed by atoms with E-state index in [-0.39, 0.29) is 30.1 Å². The molecule has 0 aliphatic carbocycles. The van der Waals surface area contributed by atoms with E-state index < -0.39 is 0 Å². The van der Waals surface area contributed by atoms with Crippen molar-refractivity contribution in [3.8, 4) is 0 Å². The number of nitrogens with zero attached hydrogens (tertiary/aromatic N) is 3. The van der Waals surface area contributed by atoms with E-state index in [2.05, 4.69) is 35.9 Å². The van der Waals surface area contributed by atoms with Crippen LogP contribution in [-0.2, 0) is 0 Å². The van der Waals surface area contributed by atoms with E-state index in [0.717, 1.165) is 32.0 Å². The van der Waals surface area contributed by atoms with Crippen molar-refractivity contribution in [1.82, 2.24) is 15.1 Å². The Bertz CT molecular complexity index is 353. The summed E-state index contributed by atoms with van der Waals surface area (Å²) in [6, 6.07) is 1.17. The Morgan fingerprint density at radius 1 is 1.32 bits per heavy atom. The second-order valence-corrected chi connectivity index (χ2v) is 6.51. The lowest BCUT2D eigenvalue weighted by Gasteiger charge is -2.37. The molecular formula is C16H33IN4O. The second-order valence-electron chi connectivity index (χ2n) is 6.51. The van der Waals surface area contributed by atoms with Crippen LogP contribution in [-0.4, -0.2) is 71.8 Å². The number of aliphatic imine (C=N–C) groups is 1. The van der Waals surface area contributed by atoms with Gasteiger partial charge in [-0.25, -0.2) is 0 Å². The summed E-state index contributed by atoms with van der Waals surface area (Å²) < 4.78 is 0. The number of halogens is 1. The lowest BCUT2D eigenvalue weighted by Crippen LogP contribution is -2.46. The molecule has 2 saturated heterocycles. The van der Waals surface area contributed by atoms with Crippen LogP contribution in [0.2, 0.25) is 0 Å². The van der Waals surface area contributed by atoms with Crippen LogP contribution >= 0.6 is 24.0 Å². The highest BCUT2D eigenvalue weighted by Gasteiger charge is 2.25. The summed E-state index contributed by atoms with van der Waals surface area (Å²) in [5, 5.41) is 13.1. The van der Waals surface area contributed by atoms with Gasteiger partial charge >= 0.3 is 0 Å². The lowest BCUT2D eigenvalue weighted by atomic mass is 10.0.